The van der Waals surface area contributed by atoms with Crippen LogP contribution in [-0.2, 0) is 25.7 Å². The zero-order valence-corrected chi connectivity index (χ0v) is 16.0. The van der Waals surface area contributed by atoms with Crippen LogP contribution in [0.3, 0.4) is 0 Å². The van der Waals surface area contributed by atoms with Crippen molar-refractivity contribution in [1.29, 1.82) is 0 Å². The summed E-state index contributed by atoms with van der Waals surface area (Å²) >= 11 is 0. The normalized spacial score (nSPS) is 27.6. The number of esters is 1. The highest BCUT2D eigenvalue weighted by molar-refractivity contribution is 6.07. The number of ether oxygens (including phenoxy) is 1. The number of allylic oxidation sites excluding steroid dienone is 2. The van der Waals surface area contributed by atoms with Crippen LogP contribution in [0.1, 0.15) is 18.9 Å². The van der Waals surface area contributed by atoms with Crippen molar-refractivity contribution in [2.75, 3.05) is 6.61 Å². The van der Waals surface area contributed by atoms with E-state index in [4.69, 9.17) is 4.74 Å². The first-order valence-electron chi connectivity index (χ1n) is 9.92. The number of para-hydroxylation sites is 1. The van der Waals surface area contributed by atoms with E-state index in [1.165, 1.54) is 6.21 Å². The van der Waals surface area contributed by atoms with Crippen LogP contribution < -0.4 is 0 Å². The maximum absolute atomic E-state index is 12.8. The molecule has 3 aliphatic rings. The Hall–Kier alpha value is -3.22. The molecule has 2 aromatic rings. The molecule has 4 atom stereocenters. The lowest BCUT2D eigenvalue weighted by atomic mass is 9.85. The Labute approximate surface area is 167 Å². The van der Waals surface area contributed by atoms with E-state index < -0.39 is 0 Å². The molecule has 0 radical (unpaired) electrons. The van der Waals surface area contributed by atoms with Gasteiger partial charge in [0.15, 0.2) is 0 Å². The summed E-state index contributed by atoms with van der Waals surface area (Å²) in [5, 5.41) is 6.20. The summed E-state index contributed by atoms with van der Waals surface area (Å²) in [6, 6.07) is 7.62. The highest BCUT2D eigenvalue weighted by Crippen LogP contribution is 2.52. The Morgan fingerprint density at radius 3 is 2.55 bits per heavy atom. The minimum Gasteiger partial charge on any atom is -0.465 e. The van der Waals surface area contributed by atoms with Crippen LogP contribution in [0.4, 0.5) is 0 Å². The summed E-state index contributed by atoms with van der Waals surface area (Å²) in [6.07, 6.45) is 8.35. The van der Waals surface area contributed by atoms with Gasteiger partial charge < -0.3 is 9.30 Å². The lowest BCUT2D eigenvalue weighted by Gasteiger charge is -2.13. The minimum atomic E-state index is -0.322. The summed E-state index contributed by atoms with van der Waals surface area (Å²) < 4.78 is 6.84. The van der Waals surface area contributed by atoms with Gasteiger partial charge in [-0.1, -0.05) is 30.4 Å². The Balaban J connectivity index is 1.43. The molecule has 1 aliphatic heterocycles. The van der Waals surface area contributed by atoms with Gasteiger partial charge in [-0.25, -0.2) is 0 Å². The lowest BCUT2D eigenvalue weighted by Crippen LogP contribution is -2.28. The standard InChI is InChI=1S/C22H21N3O4/c1-2-29-18(26)12-24-11-15(16-5-3-4-6-17(16)24)10-23-25-21(27)19-13-7-8-14(9-13)20(19)22(25)28/h3-8,10-11,13-14,19-20H,2,9,12H2,1H3/b23-10-/t13-,14+,19-,20+. The van der Waals surface area contributed by atoms with Crippen LogP contribution in [0.5, 0.6) is 0 Å². The van der Waals surface area contributed by atoms with Crippen molar-refractivity contribution in [3.63, 3.8) is 0 Å². The molecular formula is C22H21N3O4. The first kappa shape index (κ1) is 17.8. The van der Waals surface area contributed by atoms with Gasteiger partial charge in [-0.3, -0.25) is 14.4 Å². The largest absolute Gasteiger partial charge is 0.465 e. The number of hydrogen-bond donors (Lipinski definition) is 0. The minimum absolute atomic E-state index is 0.0863. The summed E-state index contributed by atoms with van der Waals surface area (Å²) in [4.78, 5) is 37.5. The van der Waals surface area contributed by atoms with Crippen molar-refractivity contribution in [3.05, 3.63) is 48.2 Å². The first-order chi connectivity index (χ1) is 14.1. The Morgan fingerprint density at radius 1 is 1.17 bits per heavy atom. The highest BCUT2D eigenvalue weighted by Gasteiger charge is 2.59. The zero-order valence-electron chi connectivity index (χ0n) is 16.0. The SMILES string of the molecule is CCOC(=O)Cn1cc(/C=N\N2C(=O)[C@@H]3[C@H](C2=O)[C@@H]2C=C[C@H]3C2)c2ccccc21. The molecule has 2 bridgehead atoms. The summed E-state index contributed by atoms with van der Waals surface area (Å²) in [5.41, 5.74) is 1.60. The third-order valence-corrected chi connectivity index (χ3v) is 6.18. The molecule has 1 aromatic carbocycles. The number of nitrogens with zero attached hydrogens (tertiary/aromatic N) is 3. The van der Waals surface area contributed by atoms with E-state index in [0.29, 0.717) is 6.61 Å². The lowest BCUT2D eigenvalue weighted by molar-refractivity contribution is -0.144. The molecule has 29 heavy (non-hydrogen) atoms. The van der Waals surface area contributed by atoms with Crippen molar-refractivity contribution >= 4 is 34.9 Å². The first-order valence-corrected chi connectivity index (χ1v) is 9.92. The number of benzene rings is 1. The van der Waals surface area contributed by atoms with Crippen LogP contribution in [0.15, 0.2) is 47.7 Å². The number of hydrogen-bond acceptors (Lipinski definition) is 5. The van der Waals surface area contributed by atoms with Crippen molar-refractivity contribution in [3.8, 4) is 0 Å². The molecule has 0 N–H and O–H groups in total. The Kier molecular flexibility index (Phi) is 4.12. The molecule has 2 amide bonds. The van der Waals surface area contributed by atoms with Gasteiger partial charge in [0.05, 0.1) is 24.7 Å². The molecule has 1 saturated heterocycles. The fourth-order valence-electron chi connectivity index (χ4n) is 4.97. The van der Waals surface area contributed by atoms with Crippen molar-refractivity contribution in [2.45, 2.75) is 19.9 Å². The van der Waals surface area contributed by atoms with Gasteiger partial charge in [0.1, 0.15) is 6.54 Å². The summed E-state index contributed by atoms with van der Waals surface area (Å²) in [6.45, 7) is 2.18. The quantitative estimate of drug-likeness (QED) is 0.339. The number of fused-ring (bicyclic) bond motifs is 6. The van der Waals surface area contributed by atoms with Gasteiger partial charge in [-0.2, -0.15) is 10.1 Å². The number of hydrazone groups is 1. The second-order valence-electron chi connectivity index (χ2n) is 7.77. The van der Waals surface area contributed by atoms with Crippen molar-refractivity contribution < 1.29 is 19.1 Å². The molecule has 1 aromatic heterocycles. The third kappa shape index (κ3) is 2.72. The fourth-order valence-corrected chi connectivity index (χ4v) is 4.97. The molecule has 2 heterocycles. The second kappa shape index (κ2) is 6.69. The maximum Gasteiger partial charge on any atom is 0.325 e. The van der Waals surface area contributed by atoms with Crippen molar-refractivity contribution in [1.82, 2.24) is 9.58 Å². The van der Waals surface area contributed by atoms with E-state index in [2.05, 4.69) is 17.3 Å². The molecule has 2 fully saturated rings. The van der Waals surface area contributed by atoms with Gasteiger partial charge in [0, 0.05) is 22.7 Å². The monoisotopic (exact) mass is 391 g/mol. The average Bonchev–Trinajstić information content (AvgIpc) is 3.45. The van der Waals surface area contributed by atoms with Gasteiger partial charge in [0.25, 0.3) is 11.8 Å². The van der Waals surface area contributed by atoms with E-state index >= 15 is 0 Å². The van der Waals surface area contributed by atoms with Gasteiger partial charge in [0.2, 0.25) is 0 Å². The van der Waals surface area contributed by atoms with Gasteiger partial charge >= 0.3 is 5.97 Å². The average molecular weight is 391 g/mol. The molecule has 2 aliphatic carbocycles. The van der Waals surface area contributed by atoms with Crippen molar-refractivity contribution in [2.24, 2.45) is 28.8 Å². The molecular weight excluding hydrogens is 370 g/mol. The zero-order chi connectivity index (χ0) is 20.1. The summed E-state index contributed by atoms with van der Waals surface area (Å²) in [7, 11) is 0. The Morgan fingerprint density at radius 2 is 1.86 bits per heavy atom. The van der Waals surface area contributed by atoms with E-state index in [1.54, 1.807) is 17.7 Å². The molecule has 0 unspecified atom stereocenters. The van der Waals surface area contributed by atoms with Gasteiger partial charge in [-0.05, 0) is 31.2 Å². The number of rotatable bonds is 5. The van der Waals surface area contributed by atoms with E-state index in [9.17, 15) is 14.4 Å². The Bertz CT molecular complexity index is 1050. The smallest absolute Gasteiger partial charge is 0.325 e. The molecule has 5 rings (SSSR count). The summed E-state index contributed by atoms with van der Waals surface area (Å²) in [5.74, 6) is -0.940. The van der Waals surface area contributed by atoms with Crippen LogP contribution in [0, 0.1) is 23.7 Å². The number of imide groups is 1. The number of amides is 2. The molecule has 0 spiro atoms. The maximum atomic E-state index is 12.8. The predicted octanol–water partition coefficient (Wildman–Crippen LogP) is 2.35. The van der Waals surface area contributed by atoms with Crippen LogP contribution in [-0.4, -0.2) is 40.2 Å². The number of carbonyl (C=O) groups is 3. The van der Waals surface area contributed by atoms with E-state index in [1.807, 2.05) is 24.3 Å². The molecule has 7 heteroatoms. The molecule has 7 nitrogen and oxygen atoms in total. The van der Waals surface area contributed by atoms with Crippen LogP contribution in [0.25, 0.3) is 10.9 Å². The molecule has 1 saturated carbocycles. The second-order valence-corrected chi connectivity index (χ2v) is 7.77. The van der Waals surface area contributed by atoms with E-state index in [0.717, 1.165) is 27.9 Å². The molecule has 148 valence electrons. The fraction of sp³-hybridized carbons (Fsp3) is 0.364. The topological polar surface area (TPSA) is 81.0 Å². The predicted molar refractivity (Wildman–Crippen MR) is 106 cm³/mol. The van der Waals surface area contributed by atoms with E-state index in [-0.39, 0.29) is 48.0 Å². The van der Waals surface area contributed by atoms with Crippen LogP contribution in [0.2, 0.25) is 0 Å². The highest BCUT2D eigenvalue weighted by atomic mass is 16.5. The van der Waals surface area contributed by atoms with Crippen LogP contribution >= 0.6 is 0 Å². The number of aromatic nitrogens is 1. The third-order valence-electron chi connectivity index (χ3n) is 6.18. The van der Waals surface area contributed by atoms with Gasteiger partial charge in [-0.15, -0.1) is 0 Å². The number of carbonyl (C=O) groups excluding carboxylic acids is 3.